The summed E-state index contributed by atoms with van der Waals surface area (Å²) in [5.41, 5.74) is 4.64. The first kappa shape index (κ1) is 41.7. The van der Waals surface area contributed by atoms with Gasteiger partial charge >= 0.3 is 5.97 Å². The van der Waals surface area contributed by atoms with Gasteiger partial charge in [0.25, 0.3) is 5.91 Å². The number of hydrogen-bond acceptors (Lipinski definition) is 5. The lowest BCUT2D eigenvalue weighted by Gasteiger charge is -2.20. The minimum Gasteiger partial charge on any atom is -0.480 e. The van der Waals surface area contributed by atoms with E-state index in [1.807, 2.05) is 63.4 Å². The molecular formula is C39H64N2O4S. The molecule has 0 radical (unpaired) electrons. The molecule has 2 aromatic rings. The van der Waals surface area contributed by atoms with Gasteiger partial charge in [-0.1, -0.05) is 97.1 Å². The molecule has 1 amide bonds. The molecule has 0 spiro atoms. The summed E-state index contributed by atoms with van der Waals surface area (Å²) in [5, 5.41) is 12.3. The van der Waals surface area contributed by atoms with Crippen molar-refractivity contribution in [1.82, 2.24) is 10.2 Å². The number of carbonyl (C=O) groups is 2. The molecule has 1 heterocycles. The van der Waals surface area contributed by atoms with E-state index < -0.39 is 12.0 Å². The molecular weight excluding hydrogens is 593 g/mol. The lowest BCUT2D eigenvalue weighted by atomic mass is 9.90. The van der Waals surface area contributed by atoms with E-state index in [2.05, 4.69) is 37.1 Å². The van der Waals surface area contributed by atoms with Crippen molar-refractivity contribution in [2.75, 3.05) is 38.8 Å². The second-order valence-electron chi connectivity index (χ2n) is 12.3. The van der Waals surface area contributed by atoms with E-state index in [0.717, 1.165) is 54.8 Å². The third-order valence-electron chi connectivity index (χ3n) is 8.46. The summed E-state index contributed by atoms with van der Waals surface area (Å²) in [4.78, 5) is 27.3. The molecule has 2 atom stereocenters. The number of carboxylic acid groups (broad SMARTS) is 1. The van der Waals surface area contributed by atoms with Crippen molar-refractivity contribution in [3.05, 3.63) is 59.2 Å². The third kappa shape index (κ3) is 15.0. The van der Waals surface area contributed by atoms with Gasteiger partial charge in [-0.25, -0.2) is 4.79 Å². The molecule has 1 saturated carbocycles. The number of ether oxygens (including phenoxy) is 1. The maximum absolute atomic E-state index is 13.2. The fraction of sp³-hybridized carbons (Fsp3) is 0.641. The summed E-state index contributed by atoms with van der Waals surface area (Å²) in [6.07, 6.45) is 13.1. The van der Waals surface area contributed by atoms with E-state index in [1.165, 1.54) is 56.9 Å². The summed E-state index contributed by atoms with van der Waals surface area (Å²) < 4.78 is 5.08. The number of methoxy groups -OCH3 is 1. The molecule has 2 aliphatic rings. The first-order valence-electron chi connectivity index (χ1n) is 17.7. The number of rotatable bonds is 12. The van der Waals surface area contributed by atoms with Gasteiger partial charge in [0.15, 0.2) is 0 Å². The molecule has 260 valence electrons. The van der Waals surface area contributed by atoms with Gasteiger partial charge in [0.2, 0.25) is 0 Å². The van der Waals surface area contributed by atoms with Crippen molar-refractivity contribution < 1.29 is 19.4 Å². The summed E-state index contributed by atoms with van der Waals surface area (Å²) in [5.74, 6) is 0.987. The van der Waals surface area contributed by atoms with E-state index in [4.69, 9.17) is 4.74 Å². The van der Waals surface area contributed by atoms with Crippen LogP contribution >= 0.6 is 11.8 Å². The van der Waals surface area contributed by atoms with Crippen LogP contribution in [0.25, 0.3) is 11.1 Å². The van der Waals surface area contributed by atoms with Crippen LogP contribution in [0.4, 0.5) is 0 Å². The van der Waals surface area contributed by atoms with Crippen molar-refractivity contribution in [3.8, 4) is 11.1 Å². The molecule has 46 heavy (non-hydrogen) atoms. The predicted octanol–water partition coefficient (Wildman–Crippen LogP) is 9.49. The normalized spacial score (nSPS) is 16.9. The zero-order valence-electron chi connectivity index (χ0n) is 30.2. The lowest BCUT2D eigenvalue weighted by Crippen LogP contribution is -2.41. The van der Waals surface area contributed by atoms with Gasteiger partial charge in [-0.15, -0.1) is 0 Å². The Hall–Kier alpha value is -2.35. The second-order valence-corrected chi connectivity index (χ2v) is 13.3. The number of carbonyl (C=O) groups excluding carboxylic acids is 1. The van der Waals surface area contributed by atoms with Crippen molar-refractivity contribution in [2.45, 2.75) is 112 Å². The number of carboxylic acids is 1. The maximum atomic E-state index is 13.2. The quantitative estimate of drug-likeness (QED) is 0.237. The molecule has 2 unspecified atom stereocenters. The summed E-state index contributed by atoms with van der Waals surface area (Å²) >= 11 is 1.57. The highest BCUT2D eigenvalue weighted by Crippen LogP contribution is 2.30. The number of likely N-dealkylation sites (tertiary alicyclic amines) is 1. The zero-order chi connectivity index (χ0) is 34.3. The van der Waals surface area contributed by atoms with E-state index in [9.17, 15) is 14.7 Å². The molecule has 2 fully saturated rings. The van der Waals surface area contributed by atoms with Gasteiger partial charge in [-0.3, -0.25) is 9.69 Å². The molecule has 1 aliphatic heterocycles. The SMILES string of the molecule is CC.CCC.CCC1CCN(Cc2ccc(C(=O)NC(CCSC)C(=O)O)c(-c3ccccc3C)c2)C1.COCC1CCCCC1. The van der Waals surface area contributed by atoms with E-state index in [0.29, 0.717) is 17.7 Å². The molecule has 0 aromatic heterocycles. The number of aryl methyl sites for hydroxylation is 1. The number of thioether (sulfide) groups is 1. The Kier molecular flexibility index (Phi) is 22.4. The predicted molar refractivity (Wildman–Crippen MR) is 198 cm³/mol. The molecule has 0 bridgehead atoms. The van der Waals surface area contributed by atoms with Gasteiger partial charge in [-0.05, 0) is 97.4 Å². The Morgan fingerprint density at radius 1 is 1.00 bits per heavy atom. The van der Waals surface area contributed by atoms with Crippen LogP contribution < -0.4 is 5.32 Å². The van der Waals surface area contributed by atoms with Crippen molar-refractivity contribution in [2.24, 2.45) is 11.8 Å². The lowest BCUT2D eigenvalue weighted by molar-refractivity contribution is -0.139. The highest BCUT2D eigenvalue weighted by molar-refractivity contribution is 7.98. The average Bonchev–Trinajstić information content (AvgIpc) is 3.53. The van der Waals surface area contributed by atoms with Gasteiger partial charge in [-0.2, -0.15) is 11.8 Å². The second kappa shape index (κ2) is 24.8. The maximum Gasteiger partial charge on any atom is 0.326 e. The fourth-order valence-electron chi connectivity index (χ4n) is 5.95. The Morgan fingerprint density at radius 3 is 2.24 bits per heavy atom. The smallest absolute Gasteiger partial charge is 0.326 e. The molecule has 2 aromatic carbocycles. The molecule has 7 heteroatoms. The Labute approximate surface area is 285 Å². The molecule has 2 N–H and O–H groups in total. The number of amides is 1. The molecule has 1 saturated heterocycles. The van der Waals surface area contributed by atoms with Crippen LogP contribution in [0.3, 0.4) is 0 Å². The number of aliphatic carboxylic acids is 1. The summed E-state index contributed by atoms with van der Waals surface area (Å²) in [6, 6.07) is 13.1. The Morgan fingerprint density at radius 2 is 1.67 bits per heavy atom. The minimum absolute atomic E-state index is 0.337. The number of nitrogens with one attached hydrogen (secondary N) is 1. The average molecular weight is 657 g/mol. The Bertz CT molecular complexity index is 1120. The van der Waals surface area contributed by atoms with E-state index in [1.54, 1.807) is 18.9 Å². The monoisotopic (exact) mass is 656 g/mol. The van der Waals surface area contributed by atoms with Crippen molar-refractivity contribution >= 4 is 23.6 Å². The number of hydrogen-bond donors (Lipinski definition) is 2. The van der Waals surface area contributed by atoms with Gasteiger partial charge in [0.1, 0.15) is 6.04 Å². The van der Waals surface area contributed by atoms with Crippen LogP contribution in [0, 0.1) is 18.8 Å². The van der Waals surface area contributed by atoms with E-state index in [-0.39, 0.29) is 5.91 Å². The molecule has 1 aliphatic carbocycles. The van der Waals surface area contributed by atoms with Crippen LogP contribution in [-0.2, 0) is 16.1 Å². The van der Waals surface area contributed by atoms with Gasteiger partial charge in [0.05, 0.1) is 0 Å². The minimum atomic E-state index is -0.999. The molecule has 4 rings (SSSR count). The Balaban J connectivity index is 0.000000630. The number of benzene rings is 2. The highest BCUT2D eigenvalue weighted by atomic mass is 32.2. The van der Waals surface area contributed by atoms with Crippen LogP contribution in [0.5, 0.6) is 0 Å². The van der Waals surface area contributed by atoms with E-state index >= 15 is 0 Å². The summed E-state index contributed by atoms with van der Waals surface area (Å²) in [6.45, 7) is 16.6. The third-order valence-corrected chi connectivity index (χ3v) is 9.10. The first-order chi connectivity index (χ1) is 22.3. The number of nitrogens with zero attached hydrogens (tertiary/aromatic N) is 1. The molecule has 6 nitrogen and oxygen atoms in total. The van der Waals surface area contributed by atoms with Gasteiger partial charge < -0.3 is 15.2 Å². The van der Waals surface area contributed by atoms with Crippen LogP contribution in [0.15, 0.2) is 42.5 Å². The first-order valence-corrected chi connectivity index (χ1v) is 19.1. The van der Waals surface area contributed by atoms with Crippen molar-refractivity contribution in [3.63, 3.8) is 0 Å². The topological polar surface area (TPSA) is 78.9 Å². The van der Waals surface area contributed by atoms with Crippen LogP contribution in [0.2, 0.25) is 0 Å². The zero-order valence-corrected chi connectivity index (χ0v) is 31.0. The fourth-order valence-corrected chi connectivity index (χ4v) is 6.42. The van der Waals surface area contributed by atoms with Crippen molar-refractivity contribution in [1.29, 1.82) is 0 Å². The largest absolute Gasteiger partial charge is 0.480 e. The van der Waals surface area contributed by atoms with Gasteiger partial charge in [0, 0.05) is 32.4 Å². The van der Waals surface area contributed by atoms with Crippen LogP contribution in [0.1, 0.15) is 114 Å². The highest BCUT2D eigenvalue weighted by Gasteiger charge is 2.24. The standard InChI is InChI=1S/C26H34N2O3S.C8H16O.C3H8.C2H6/c1-4-19-11-13-28(16-19)17-20-9-10-22(23(15-20)21-8-6-5-7-18(21)2)25(29)27-24(26(30)31)12-14-32-3;1-9-7-8-5-3-2-4-6-8;1-3-2;1-2/h5-10,15,19,24H,4,11-14,16-17H2,1-3H3,(H,27,29)(H,30,31);8H,2-7H2,1H3;3H2,1-2H3;1-2H3. The summed E-state index contributed by atoms with van der Waals surface area (Å²) in [7, 11) is 1.80. The van der Waals surface area contributed by atoms with Crippen LogP contribution in [-0.4, -0.2) is 66.7 Å².